The van der Waals surface area contributed by atoms with E-state index in [1.807, 2.05) is 51.1 Å². The van der Waals surface area contributed by atoms with Gasteiger partial charge in [0.15, 0.2) is 5.96 Å². The fourth-order valence-corrected chi connectivity index (χ4v) is 3.39. The monoisotopic (exact) mass is 420 g/mol. The fraction of sp³-hybridized carbons (Fsp3) is 0.636. The summed E-state index contributed by atoms with van der Waals surface area (Å²) < 4.78 is 11.0. The third-order valence-corrected chi connectivity index (χ3v) is 5.05. The number of hydrogen-bond donors (Lipinski definition) is 4. The first-order valence-electron chi connectivity index (χ1n) is 10.4. The van der Waals surface area contributed by atoms with Gasteiger partial charge in [-0.05, 0) is 39.2 Å². The van der Waals surface area contributed by atoms with Gasteiger partial charge >= 0.3 is 6.09 Å². The molecule has 0 radical (unpaired) electrons. The van der Waals surface area contributed by atoms with E-state index in [-0.39, 0.29) is 18.1 Å². The van der Waals surface area contributed by atoms with Crippen LogP contribution in [0.15, 0.2) is 35.3 Å². The lowest BCUT2D eigenvalue weighted by Crippen LogP contribution is -2.47. The van der Waals surface area contributed by atoms with Gasteiger partial charge in [0.25, 0.3) is 0 Å². The molecule has 2 rings (SSSR count). The Morgan fingerprint density at radius 3 is 2.60 bits per heavy atom. The Balaban J connectivity index is 1.97. The number of aliphatic hydroxyl groups is 1. The van der Waals surface area contributed by atoms with Crippen molar-refractivity contribution >= 4 is 12.1 Å². The Morgan fingerprint density at radius 2 is 2.03 bits per heavy atom. The summed E-state index contributed by atoms with van der Waals surface area (Å²) in [4.78, 5) is 16.6. The summed E-state index contributed by atoms with van der Waals surface area (Å²) in [6, 6.07) is 9.45. The maximum Gasteiger partial charge on any atom is 0.408 e. The quantitative estimate of drug-likeness (QED) is 0.380. The number of nitrogens with one attached hydrogen (secondary N) is 3. The van der Waals surface area contributed by atoms with Crippen LogP contribution in [0.2, 0.25) is 0 Å². The van der Waals surface area contributed by atoms with Gasteiger partial charge in [-0.3, -0.25) is 4.99 Å². The highest BCUT2D eigenvalue weighted by molar-refractivity contribution is 5.79. The molecule has 1 aliphatic heterocycles. The topological polar surface area (TPSA) is 104 Å². The number of ether oxygens (including phenoxy) is 2. The fourth-order valence-electron chi connectivity index (χ4n) is 3.39. The Hall–Kier alpha value is -2.32. The summed E-state index contributed by atoms with van der Waals surface area (Å²) in [5.74, 6) is 0.631. The van der Waals surface area contributed by atoms with Crippen LogP contribution in [0.4, 0.5) is 4.79 Å². The van der Waals surface area contributed by atoms with Gasteiger partial charge in [-0.1, -0.05) is 30.3 Å². The molecule has 8 heteroatoms. The van der Waals surface area contributed by atoms with E-state index in [0.29, 0.717) is 38.7 Å². The lowest BCUT2D eigenvalue weighted by Gasteiger charge is -2.28. The first-order chi connectivity index (χ1) is 14.3. The van der Waals surface area contributed by atoms with Gasteiger partial charge in [0.05, 0.1) is 12.6 Å². The van der Waals surface area contributed by atoms with Crippen molar-refractivity contribution in [2.45, 2.75) is 45.3 Å². The first kappa shape index (κ1) is 24.0. The summed E-state index contributed by atoms with van der Waals surface area (Å²) in [5, 5.41) is 19.0. The molecule has 1 fully saturated rings. The highest BCUT2D eigenvalue weighted by Crippen LogP contribution is 2.31. The van der Waals surface area contributed by atoms with Crippen LogP contribution in [0.5, 0.6) is 0 Å². The predicted octanol–water partition coefficient (Wildman–Crippen LogP) is 2.21. The van der Waals surface area contributed by atoms with Gasteiger partial charge in [0.1, 0.15) is 5.60 Å². The van der Waals surface area contributed by atoms with Crippen LogP contribution < -0.4 is 16.0 Å². The Labute approximate surface area is 179 Å². The largest absolute Gasteiger partial charge is 0.444 e. The molecule has 30 heavy (non-hydrogen) atoms. The first-order valence-corrected chi connectivity index (χ1v) is 10.4. The molecule has 0 bridgehead atoms. The molecule has 1 heterocycles. The predicted molar refractivity (Wildman–Crippen MR) is 117 cm³/mol. The molecule has 1 aliphatic rings. The van der Waals surface area contributed by atoms with E-state index in [9.17, 15) is 9.90 Å². The van der Waals surface area contributed by atoms with Crippen LogP contribution >= 0.6 is 0 Å². The molecule has 168 valence electrons. The van der Waals surface area contributed by atoms with Gasteiger partial charge in [-0.2, -0.15) is 0 Å². The summed E-state index contributed by atoms with van der Waals surface area (Å²) in [7, 11) is 1.71. The number of aliphatic hydroxyl groups excluding tert-OH is 1. The lowest BCUT2D eigenvalue weighted by atomic mass is 9.84. The van der Waals surface area contributed by atoms with E-state index in [0.717, 1.165) is 12.0 Å². The minimum Gasteiger partial charge on any atom is -0.444 e. The van der Waals surface area contributed by atoms with Crippen molar-refractivity contribution in [2.75, 3.05) is 40.0 Å². The van der Waals surface area contributed by atoms with E-state index >= 15 is 0 Å². The Morgan fingerprint density at radius 1 is 1.30 bits per heavy atom. The molecule has 8 nitrogen and oxygen atoms in total. The van der Waals surface area contributed by atoms with Gasteiger partial charge in [0.2, 0.25) is 0 Å². The molecule has 0 saturated carbocycles. The standard InChI is InChI=1S/C22H36N4O4/c1-21(2,3)30-20(28)26-18(17-8-6-5-7-9-17)14-24-19(23-4)25-15-22(10-12-27)11-13-29-16-22/h5-9,18,27H,10-16H2,1-4H3,(H,26,28)(H2,23,24,25). The molecule has 0 aromatic heterocycles. The third-order valence-electron chi connectivity index (χ3n) is 5.05. The third kappa shape index (κ3) is 7.84. The van der Waals surface area contributed by atoms with E-state index in [1.165, 1.54) is 0 Å². The average Bonchev–Trinajstić information content (AvgIpc) is 3.15. The van der Waals surface area contributed by atoms with E-state index in [1.54, 1.807) is 7.05 Å². The van der Waals surface area contributed by atoms with Crippen molar-refractivity contribution in [3.8, 4) is 0 Å². The summed E-state index contributed by atoms with van der Waals surface area (Å²) in [5.41, 5.74) is 0.313. The average molecular weight is 421 g/mol. The second-order valence-electron chi connectivity index (χ2n) is 8.69. The molecule has 1 aromatic rings. The zero-order valence-corrected chi connectivity index (χ0v) is 18.5. The minimum absolute atomic E-state index is 0.0834. The molecular weight excluding hydrogens is 384 g/mol. The molecule has 2 unspecified atom stereocenters. The van der Waals surface area contributed by atoms with E-state index in [2.05, 4.69) is 20.9 Å². The number of rotatable bonds is 8. The maximum absolute atomic E-state index is 12.3. The van der Waals surface area contributed by atoms with Crippen molar-refractivity contribution in [1.82, 2.24) is 16.0 Å². The van der Waals surface area contributed by atoms with Gasteiger partial charge in [-0.25, -0.2) is 4.79 Å². The molecule has 1 amide bonds. The summed E-state index contributed by atoms with van der Waals surface area (Å²) >= 11 is 0. The summed E-state index contributed by atoms with van der Waals surface area (Å²) in [6.45, 7) is 8.07. The van der Waals surface area contributed by atoms with E-state index in [4.69, 9.17) is 9.47 Å². The highest BCUT2D eigenvalue weighted by Gasteiger charge is 2.34. The second-order valence-corrected chi connectivity index (χ2v) is 8.69. The molecule has 4 N–H and O–H groups in total. The molecule has 1 aromatic carbocycles. The van der Waals surface area contributed by atoms with Crippen molar-refractivity contribution in [2.24, 2.45) is 10.4 Å². The van der Waals surface area contributed by atoms with Crippen LogP contribution in [0.25, 0.3) is 0 Å². The molecule has 2 atom stereocenters. The van der Waals surface area contributed by atoms with Crippen LogP contribution in [0, 0.1) is 5.41 Å². The van der Waals surface area contributed by atoms with Crippen molar-refractivity contribution in [3.63, 3.8) is 0 Å². The van der Waals surface area contributed by atoms with Gasteiger partial charge < -0.3 is 30.5 Å². The molecule has 0 aliphatic carbocycles. The van der Waals surface area contributed by atoms with Crippen LogP contribution in [0.3, 0.4) is 0 Å². The Kier molecular flexibility index (Phi) is 8.92. The van der Waals surface area contributed by atoms with Crippen molar-refractivity contribution in [3.05, 3.63) is 35.9 Å². The number of amides is 1. The second kappa shape index (κ2) is 11.2. The highest BCUT2D eigenvalue weighted by atomic mass is 16.6. The van der Waals surface area contributed by atoms with Crippen LogP contribution in [-0.4, -0.2) is 62.7 Å². The van der Waals surface area contributed by atoms with Crippen LogP contribution in [0.1, 0.15) is 45.2 Å². The zero-order chi connectivity index (χ0) is 22.0. The molecule has 1 saturated heterocycles. The lowest BCUT2D eigenvalue weighted by molar-refractivity contribution is 0.0504. The van der Waals surface area contributed by atoms with Gasteiger partial charge in [0, 0.05) is 38.8 Å². The normalized spacial score (nSPS) is 20.5. The smallest absolute Gasteiger partial charge is 0.408 e. The van der Waals surface area contributed by atoms with Crippen LogP contribution in [-0.2, 0) is 9.47 Å². The SMILES string of the molecule is CN=C(NCC(NC(=O)OC(C)(C)C)c1ccccc1)NCC1(CCO)CCOC1. The number of nitrogens with zero attached hydrogens (tertiary/aromatic N) is 1. The van der Waals surface area contributed by atoms with Crippen molar-refractivity contribution in [1.29, 1.82) is 0 Å². The van der Waals surface area contributed by atoms with E-state index < -0.39 is 11.7 Å². The Bertz CT molecular complexity index is 682. The number of carbonyl (C=O) groups is 1. The number of carbonyl (C=O) groups excluding carboxylic acids is 1. The molecule has 0 spiro atoms. The number of hydrogen-bond acceptors (Lipinski definition) is 5. The number of alkyl carbamates (subject to hydrolysis) is 1. The number of aliphatic imine (C=N–C) groups is 1. The number of benzene rings is 1. The van der Waals surface area contributed by atoms with Crippen molar-refractivity contribution < 1.29 is 19.4 Å². The minimum atomic E-state index is -0.569. The molecular formula is C22H36N4O4. The number of guanidine groups is 1. The van der Waals surface area contributed by atoms with Gasteiger partial charge in [-0.15, -0.1) is 0 Å². The maximum atomic E-state index is 12.3. The summed E-state index contributed by atoms with van der Waals surface area (Å²) in [6.07, 6.45) is 1.12. The zero-order valence-electron chi connectivity index (χ0n) is 18.5.